The molecule has 2 aromatic carbocycles. The van der Waals surface area contributed by atoms with E-state index in [2.05, 4.69) is 10.6 Å². The number of nitrogens with one attached hydrogen (secondary N) is 2. The number of rotatable bonds is 5. The quantitative estimate of drug-likeness (QED) is 0.742. The van der Waals surface area contributed by atoms with Gasteiger partial charge in [0.25, 0.3) is 0 Å². The van der Waals surface area contributed by atoms with Crippen LogP contribution in [-0.4, -0.2) is 11.7 Å². The second-order valence-corrected chi connectivity index (χ2v) is 6.66. The Morgan fingerprint density at radius 1 is 0.880 bits per heavy atom. The number of hydrogen-bond acceptors (Lipinski definition) is 3. The zero-order chi connectivity index (χ0) is 17.6. The molecular formula is C21H24N2O2. The Morgan fingerprint density at radius 3 is 2.24 bits per heavy atom. The molecule has 0 bridgehead atoms. The molecular weight excluding hydrogens is 312 g/mol. The molecule has 2 aromatic rings. The maximum absolute atomic E-state index is 12.3. The number of hydrogen-bond donors (Lipinski definition) is 2. The van der Waals surface area contributed by atoms with Crippen molar-refractivity contribution in [2.75, 3.05) is 10.6 Å². The van der Waals surface area contributed by atoms with Crippen LogP contribution in [0.2, 0.25) is 0 Å². The number of carbonyl (C=O) groups is 2. The lowest BCUT2D eigenvalue weighted by atomic mass is 9.88. The first-order valence-corrected chi connectivity index (χ1v) is 8.91. The molecule has 1 fully saturated rings. The molecule has 0 radical (unpaired) electrons. The zero-order valence-corrected chi connectivity index (χ0v) is 14.5. The summed E-state index contributed by atoms with van der Waals surface area (Å²) < 4.78 is 0. The third-order valence-corrected chi connectivity index (χ3v) is 4.69. The summed E-state index contributed by atoms with van der Waals surface area (Å²) in [7, 11) is 0. The van der Waals surface area contributed by atoms with E-state index < -0.39 is 0 Å². The molecule has 0 heterocycles. The number of benzene rings is 2. The number of ketones is 1. The molecule has 0 unspecified atom stereocenters. The highest BCUT2D eigenvalue weighted by molar-refractivity contribution is 5.95. The summed E-state index contributed by atoms with van der Waals surface area (Å²) >= 11 is 0. The van der Waals surface area contributed by atoms with E-state index in [1.165, 1.54) is 6.42 Å². The molecule has 2 N–H and O–H groups in total. The maximum atomic E-state index is 12.3. The summed E-state index contributed by atoms with van der Waals surface area (Å²) in [5, 5.41) is 6.29. The van der Waals surface area contributed by atoms with Crippen molar-refractivity contribution in [3.63, 3.8) is 0 Å². The lowest BCUT2D eigenvalue weighted by molar-refractivity contribution is -0.120. The van der Waals surface area contributed by atoms with E-state index >= 15 is 0 Å². The molecule has 4 nitrogen and oxygen atoms in total. The van der Waals surface area contributed by atoms with Gasteiger partial charge in [0.15, 0.2) is 5.78 Å². The highest BCUT2D eigenvalue weighted by atomic mass is 16.2. The van der Waals surface area contributed by atoms with Crippen LogP contribution in [0.4, 0.5) is 17.1 Å². The zero-order valence-electron chi connectivity index (χ0n) is 14.5. The standard InChI is InChI=1S/C21H24N2O2/c1-15(24)17-8-5-9-20(14-17)22-18-10-12-19(13-11-18)23-21(25)16-6-3-2-4-7-16/h5,8-14,16,22H,2-4,6-7H2,1H3,(H,23,25). The van der Waals surface area contributed by atoms with Gasteiger partial charge in [-0.1, -0.05) is 31.4 Å². The first-order valence-electron chi connectivity index (χ1n) is 8.91. The molecule has 130 valence electrons. The van der Waals surface area contributed by atoms with Gasteiger partial charge in [-0.25, -0.2) is 0 Å². The van der Waals surface area contributed by atoms with Gasteiger partial charge < -0.3 is 10.6 Å². The Hall–Kier alpha value is -2.62. The molecule has 1 saturated carbocycles. The number of amides is 1. The monoisotopic (exact) mass is 336 g/mol. The highest BCUT2D eigenvalue weighted by Gasteiger charge is 2.20. The van der Waals surface area contributed by atoms with Crippen LogP contribution in [0.3, 0.4) is 0 Å². The fourth-order valence-electron chi connectivity index (χ4n) is 3.23. The van der Waals surface area contributed by atoms with Crippen LogP contribution in [0.15, 0.2) is 48.5 Å². The van der Waals surface area contributed by atoms with Gasteiger partial charge in [0.1, 0.15) is 0 Å². The van der Waals surface area contributed by atoms with Crippen LogP contribution in [-0.2, 0) is 4.79 Å². The van der Waals surface area contributed by atoms with Crippen molar-refractivity contribution in [3.05, 3.63) is 54.1 Å². The van der Waals surface area contributed by atoms with Crippen LogP contribution in [0.25, 0.3) is 0 Å². The van der Waals surface area contributed by atoms with Gasteiger partial charge in [-0.2, -0.15) is 0 Å². The first kappa shape index (κ1) is 17.2. The number of Topliss-reactive ketones (excluding diaryl/α,β-unsaturated/α-hetero) is 1. The molecule has 1 aliphatic carbocycles. The third kappa shape index (κ3) is 4.69. The predicted octanol–water partition coefficient (Wildman–Crippen LogP) is 5.15. The van der Waals surface area contributed by atoms with Gasteiger partial charge in [-0.05, 0) is 56.2 Å². The van der Waals surface area contributed by atoms with Crippen LogP contribution < -0.4 is 10.6 Å². The second-order valence-electron chi connectivity index (χ2n) is 6.66. The second kappa shape index (κ2) is 7.97. The lowest BCUT2D eigenvalue weighted by Gasteiger charge is -2.20. The van der Waals surface area contributed by atoms with Gasteiger partial charge in [0.2, 0.25) is 5.91 Å². The van der Waals surface area contributed by atoms with Gasteiger partial charge in [-0.3, -0.25) is 9.59 Å². The van der Waals surface area contributed by atoms with Crippen molar-refractivity contribution in [2.45, 2.75) is 39.0 Å². The van der Waals surface area contributed by atoms with E-state index in [0.29, 0.717) is 5.56 Å². The fourth-order valence-corrected chi connectivity index (χ4v) is 3.23. The van der Waals surface area contributed by atoms with Crippen molar-refractivity contribution in [1.29, 1.82) is 0 Å². The van der Waals surface area contributed by atoms with Crippen LogP contribution >= 0.6 is 0 Å². The van der Waals surface area contributed by atoms with E-state index in [1.54, 1.807) is 13.0 Å². The highest BCUT2D eigenvalue weighted by Crippen LogP contribution is 2.25. The van der Waals surface area contributed by atoms with Gasteiger partial charge >= 0.3 is 0 Å². The van der Waals surface area contributed by atoms with E-state index in [1.807, 2.05) is 42.5 Å². The summed E-state index contributed by atoms with van der Waals surface area (Å²) in [6, 6.07) is 15.1. The molecule has 0 aromatic heterocycles. The molecule has 0 spiro atoms. The Labute approximate surface area is 148 Å². The van der Waals surface area contributed by atoms with Crippen molar-refractivity contribution >= 4 is 28.8 Å². The van der Waals surface area contributed by atoms with Crippen LogP contribution in [0.5, 0.6) is 0 Å². The Balaban J connectivity index is 1.61. The van der Waals surface area contributed by atoms with Crippen molar-refractivity contribution in [2.24, 2.45) is 5.92 Å². The van der Waals surface area contributed by atoms with Gasteiger partial charge in [0.05, 0.1) is 0 Å². The normalized spacial score (nSPS) is 14.8. The van der Waals surface area contributed by atoms with Crippen LogP contribution in [0.1, 0.15) is 49.4 Å². The third-order valence-electron chi connectivity index (χ3n) is 4.69. The van der Waals surface area contributed by atoms with Crippen molar-refractivity contribution in [3.8, 4) is 0 Å². The summed E-state index contributed by atoms with van der Waals surface area (Å²) in [5.74, 6) is 0.333. The van der Waals surface area contributed by atoms with E-state index in [9.17, 15) is 9.59 Å². The Morgan fingerprint density at radius 2 is 1.56 bits per heavy atom. The van der Waals surface area contributed by atoms with E-state index in [0.717, 1.165) is 42.7 Å². The molecule has 0 atom stereocenters. The average molecular weight is 336 g/mol. The summed E-state index contributed by atoms with van der Waals surface area (Å²) in [6.45, 7) is 1.56. The predicted molar refractivity (Wildman–Crippen MR) is 101 cm³/mol. The minimum Gasteiger partial charge on any atom is -0.356 e. The topological polar surface area (TPSA) is 58.2 Å². The van der Waals surface area contributed by atoms with Crippen molar-refractivity contribution in [1.82, 2.24) is 0 Å². The molecule has 0 aliphatic heterocycles. The van der Waals surface area contributed by atoms with Crippen molar-refractivity contribution < 1.29 is 9.59 Å². The number of anilines is 3. The summed E-state index contributed by atoms with van der Waals surface area (Å²) in [5.41, 5.74) is 3.28. The summed E-state index contributed by atoms with van der Waals surface area (Å²) in [6.07, 6.45) is 5.55. The molecule has 3 rings (SSSR count). The summed E-state index contributed by atoms with van der Waals surface area (Å²) in [4.78, 5) is 23.7. The maximum Gasteiger partial charge on any atom is 0.227 e. The van der Waals surface area contributed by atoms with Crippen LogP contribution in [0, 0.1) is 5.92 Å². The van der Waals surface area contributed by atoms with Gasteiger partial charge in [-0.15, -0.1) is 0 Å². The lowest BCUT2D eigenvalue weighted by Crippen LogP contribution is -2.24. The largest absolute Gasteiger partial charge is 0.356 e. The molecule has 25 heavy (non-hydrogen) atoms. The fraction of sp³-hybridized carbons (Fsp3) is 0.333. The van der Waals surface area contributed by atoms with E-state index in [-0.39, 0.29) is 17.6 Å². The first-order chi connectivity index (χ1) is 12.1. The molecule has 4 heteroatoms. The molecule has 1 aliphatic rings. The Kier molecular flexibility index (Phi) is 5.49. The smallest absolute Gasteiger partial charge is 0.227 e. The minimum atomic E-state index is 0.0458. The number of carbonyl (C=O) groups excluding carboxylic acids is 2. The molecule has 0 saturated heterocycles. The minimum absolute atomic E-state index is 0.0458. The molecule has 1 amide bonds. The average Bonchev–Trinajstić information content (AvgIpc) is 2.64. The SMILES string of the molecule is CC(=O)c1cccc(Nc2ccc(NC(=O)C3CCCCC3)cc2)c1. The Bertz CT molecular complexity index is 747. The van der Waals surface area contributed by atoms with Gasteiger partial charge in [0, 0.05) is 28.5 Å². The van der Waals surface area contributed by atoms with E-state index in [4.69, 9.17) is 0 Å².